The highest BCUT2D eigenvalue weighted by Crippen LogP contribution is 2.24. The highest BCUT2D eigenvalue weighted by Gasteiger charge is 2.17. The molecule has 0 radical (unpaired) electrons. The first-order valence-electron chi connectivity index (χ1n) is 4.92. The minimum atomic E-state index is -0.836. The fourth-order valence-electron chi connectivity index (χ4n) is 1.36. The predicted octanol–water partition coefficient (Wildman–Crippen LogP) is 3.84. The van der Waals surface area contributed by atoms with E-state index in [2.05, 4.69) is 0 Å². The molecule has 0 amide bonds. The van der Waals surface area contributed by atoms with Gasteiger partial charge in [-0.3, -0.25) is 0 Å². The molecule has 0 aromatic heterocycles. The van der Waals surface area contributed by atoms with Gasteiger partial charge in [-0.1, -0.05) is 6.07 Å². The van der Waals surface area contributed by atoms with E-state index in [0.29, 0.717) is 5.56 Å². The maximum atomic E-state index is 12.9. The summed E-state index contributed by atoms with van der Waals surface area (Å²) in [5, 5.41) is 0. The third-order valence-corrected chi connectivity index (χ3v) is 1.94. The van der Waals surface area contributed by atoms with Crippen LogP contribution in [0.15, 0.2) is 18.2 Å². The predicted molar refractivity (Wildman–Crippen MR) is 55.6 cm³/mol. The smallest absolute Gasteiger partial charge is 0.159 e. The topological polar surface area (TPSA) is 9.23 Å². The summed E-state index contributed by atoms with van der Waals surface area (Å²) in [5.74, 6) is -1.67. The molecule has 1 rings (SSSR count). The SMILES string of the molecule is CC(OC(C)(C)C)c1ccc(F)c(F)c1. The third-order valence-electron chi connectivity index (χ3n) is 1.94. The van der Waals surface area contributed by atoms with Gasteiger partial charge < -0.3 is 4.74 Å². The van der Waals surface area contributed by atoms with Crippen molar-refractivity contribution >= 4 is 0 Å². The summed E-state index contributed by atoms with van der Waals surface area (Å²) >= 11 is 0. The van der Waals surface area contributed by atoms with E-state index in [1.54, 1.807) is 0 Å². The van der Waals surface area contributed by atoms with E-state index in [1.807, 2.05) is 27.7 Å². The molecule has 0 saturated carbocycles. The quantitative estimate of drug-likeness (QED) is 0.726. The van der Waals surface area contributed by atoms with Crippen LogP contribution in [0.4, 0.5) is 8.78 Å². The highest BCUT2D eigenvalue weighted by atomic mass is 19.2. The Morgan fingerprint density at radius 2 is 1.73 bits per heavy atom. The fourth-order valence-corrected chi connectivity index (χ4v) is 1.36. The maximum absolute atomic E-state index is 12.9. The normalized spacial score (nSPS) is 14.0. The molecule has 1 atom stereocenters. The minimum Gasteiger partial charge on any atom is -0.368 e. The molecule has 0 heterocycles. The second kappa shape index (κ2) is 4.27. The van der Waals surface area contributed by atoms with Crippen LogP contribution in [0.2, 0.25) is 0 Å². The van der Waals surface area contributed by atoms with Crippen LogP contribution in [-0.2, 0) is 4.74 Å². The van der Waals surface area contributed by atoms with Crippen molar-refractivity contribution in [2.45, 2.75) is 39.4 Å². The average Bonchev–Trinajstić information content (AvgIpc) is 2.06. The summed E-state index contributed by atoms with van der Waals surface area (Å²) in [4.78, 5) is 0. The largest absolute Gasteiger partial charge is 0.368 e. The molecule has 0 fully saturated rings. The minimum absolute atomic E-state index is 0.250. The molecule has 1 aromatic rings. The second-order valence-corrected chi connectivity index (χ2v) is 4.55. The number of halogens is 2. The Kier molecular flexibility index (Phi) is 3.45. The summed E-state index contributed by atoms with van der Waals surface area (Å²) in [6.07, 6.45) is -0.250. The molecule has 0 bridgehead atoms. The summed E-state index contributed by atoms with van der Waals surface area (Å²) in [6, 6.07) is 3.83. The van der Waals surface area contributed by atoms with Crippen LogP contribution < -0.4 is 0 Å². The molecule has 1 unspecified atom stereocenters. The average molecular weight is 214 g/mol. The van der Waals surface area contributed by atoms with E-state index in [-0.39, 0.29) is 11.7 Å². The van der Waals surface area contributed by atoms with Crippen LogP contribution in [0, 0.1) is 11.6 Å². The lowest BCUT2D eigenvalue weighted by atomic mass is 10.1. The van der Waals surface area contributed by atoms with Gasteiger partial charge in [0.15, 0.2) is 11.6 Å². The monoisotopic (exact) mass is 214 g/mol. The maximum Gasteiger partial charge on any atom is 0.159 e. The van der Waals surface area contributed by atoms with E-state index in [4.69, 9.17) is 4.74 Å². The Morgan fingerprint density at radius 1 is 1.13 bits per heavy atom. The van der Waals surface area contributed by atoms with Gasteiger partial charge >= 0.3 is 0 Å². The molecular formula is C12H16F2O. The molecule has 0 N–H and O–H groups in total. The summed E-state index contributed by atoms with van der Waals surface area (Å²) < 4.78 is 31.3. The van der Waals surface area contributed by atoms with Gasteiger partial charge in [0.2, 0.25) is 0 Å². The van der Waals surface area contributed by atoms with Crippen LogP contribution in [0.25, 0.3) is 0 Å². The Labute approximate surface area is 89.1 Å². The number of ether oxygens (including phenoxy) is 1. The second-order valence-electron chi connectivity index (χ2n) is 4.55. The van der Waals surface area contributed by atoms with Crippen molar-refractivity contribution in [3.63, 3.8) is 0 Å². The van der Waals surface area contributed by atoms with Gasteiger partial charge in [0.05, 0.1) is 11.7 Å². The van der Waals surface area contributed by atoms with Gasteiger partial charge in [-0.05, 0) is 45.4 Å². The lowest BCUT2D eigenvalue weighted by Gasteiger charge is -2.25. The molecule has 1 nitrogen and oxygen atoms in total. The number of hydrogen-bond donors (Lipinski definition) is 0. The van der Waals surface area contributed by atoms with Gasteiger partial charge in [0.1, 0.15) is 0 Å². The zero-order chi connectivity index (χ0) is 11.6. The van der Waals surface area contributed by atoms with Crippen LogP contribution >= 0.6 is 0 Å². The van der Waals surface area contributed by atoms with Crippen molar-refractivity contribution in [3.05, 3.63) is 35.4 Å². The van der Waals surface area contributed by atoms with Gasteiger partial charge in [-0.2, -0.15) is 0 Å². The summed E-state index contributed by atoms with van der Waals surface area (Å²) in [6.45, 7) is 7.58. The van der Waals surface area contributed by atoms with E-state index in [0.717, 1.165) is 6.07 Å². The number of rotatable bonds is 2. The van der Waals surface area contributed by atoms with Gasteiger partial charge in [0.25, 0.3) is 0 Å². The van der Waals surface area contributed by atoms with E-state index >= 15 is 0 Å². The first-order valence-corrected chi connectivity index (χ1v) is 4.92. The Balaban J connectivity index is 2.83. The van der Waals surface area contributed by atoms with Crippen molar-refractivity contribution < 1.29 is 13.5 Å². The van der Waals surface area contributed by atoms with E-state index < -0.39 is 11.6 Å². The number of benzene rings is 1. The molecule has 84 valence electrons. The van der Waals surface area contributed by atoms with Crippen molar-refractivity contribution in [2.24, 2.45) is 0 Å². The highest BCUT2D eigenvalue weighted by molar-refractivity contribution is 5.19. The Bertz CT molecular complexity index is 342. The van der Waals surface area contributed by atoms with E-state index in [9.17, 15) is 8.78 Å². The van der Waals surface area contributed by atoms with Gasteiger partial charge in [0, 0.05) is 0 Å². The fraction of sp³-hybridized carbons (Fsp3) is 0.500. The Morgan fingerprint density at radius 3 is 2.20 bits per heavy atom. The standard InChI is InChI=1S/C12H16F2O/c1-8(15-12(2,3)4)9-5-6-10(13)11(14)7-9/h5-8H,1-4H3. The van der Waals surface area contributed by atoms with Crippen LogP contribution in [-0.4, -0.2) is 5.60 Å². The van der Waals surface area contributed by atoms with Crippen LogP contribution in [0.5, 0.6) is 0 Å². The molecule has 1 aromatic carbocycles. The van der Waals surface area contributed by atoms with Crippen molar-refractivity contribution in [1.29, 1.82) is 0 Å². The molecule has 0 aliphatic heterocycles. The molecule has 0 aliphatic rings. The van der Waals surface area contributed by atoms with Gasteiger partial charge in [-0.25, -0.2) is 8.78 Å². The molecular weight excluding hydrogens is 198 g/mol. The van der Waals surface area contributed by atoms with E-state index in [1.165, 1.54) is 12.1 Å². The lowest BCUT2D eigenvalue weighted by molar-refractivity contribution is -0.0531. The molecule has 3 heteroatoms. The molecule has 0 saturated heterocycles. The van der Waals surface area contributed by atoms with Crippen LogP contribution in [0.1, 0.15) is 39.4 Å². The lowest BCUT2D eigenvalue weighted by Crippen LogP contribution is -2.21. The summed E-state index contributed by atoms with van der Waals surface area (Å²) in [7, 11) is 0. The van der Waals surface area contributed by atoms with Crippen molar-refractivity contribution in [1.82, 2.24) is 0 Å². The van der Waals surface area contributed by atoms with Crippen molar-refractivity contribution in [3.8, 4) is 0 Å². The van der Waals surface area contributed by atoms with Crippen LogP contribution in [0.3, 0.4) is 0 Å². The number of hydrogen-bond acceptors (Lipinski definition) is 1. The first-order chi connectivity index (χ1) is 6.79. The zero-order valence-corrected chi connectivity index (χ0v) is 9.47. The molecule has 0 aliphatic carbocycles. The first kappa shape index (κ1) is 12.1. The molecule has 15 heavy (non-hydrogen) atoms. The molecule has 0 spiro atoms. The van der Waals surface area contributed by atoms with Gasteiger partial charge in [-0.15, -0.1) is 0 Å². The Hall–Kier alpha value is -0.960. The zero-order valence-electron chi connectivity index (χ0n) is 9.47. The van der Waals surface area contributed by atoms with Crippen molar-refractivity contribution in [2.75, 3.05) is 0 Å². The third kappa shape index (κ3) is 3.59. The summed E-state index contributed by atoms with van der Waals surface area (Å²) in [5.41, 5.74) is 0.341.